The molecule has 3 heteroatoms. The first-order valence-electron chi connectivity index (χ1n) is 7.93. The Balaban J connectivity index is 1.89. The maximum atomic E-state index is 12.3. The number of carbonyl (C=O) groups is 1. The molecule has 3 nitrogen and oxygen atoms in total. The van der Waals surface area contributed by atoms with Gasteiger partial charge in [0.2, 0.25) is 0 Å². The summed E-state index contributed by atoms with van der Waals surface area (Å²) >= 11 is 0. The van der Waals surface area contributed by atoms with Crippen LogP contribution in [-0.2, 0) is 9.53 Å². The molecule has 1 fully saturated rings. The van der Waals surface area contributed by atoms with Gasteiger partial charge in [-0.3, -0.25) is 4.79 Å². The second-order valence-corrected chi connectivity index (χ2v) is 6.11. The molecule has 1 aromatic carbocycles. The average molecular weight is 285 g/mol. The number of rotatable bonds is 4. The van der Waals surface area contributed by atoms with Crippen LogP contribution in [0.4, 0.5) is 0 Å². The van der Waals surface area contributed by atoms with E-state index in [9.17, 15) is 4.79 Å². The van der Waals surface area contributed by atoms with E-state index in [4.69, 9.17) is 4.74 Å². The molecule has 1 heterocycles. The van der Waals surface area contributed by atoms with E-state index in [1.807, 2.05) is 24.4 Å². The molecule has 1 aliphatic carbocycles. The van der Waals surface area contributed by atoms with Gasteiger partial charge in [-0.25, -0.2) is 0 Å². The van der Waals surface area contributed by atoms with Crippen LogP contribution in [0.25, 0.3) is 10.9 Å². The van der Waals surface area contributed by atoms with Gasteiger partial charge in [0.05, 0.1) is 13.0 Å². The van der Waals surface area contributed by atoms with Gasteiger partial charge in [0.15, 0.2) is 0 Å². The second kappa shape index (κ2) is 6.33. The third-order valence-electron chi connectivity index (χ3n) is 4.78. The van der Waals surface area contributed by atoms with Gasteiger partial charge in [0, 0.05) is 17.1 Å². The van der Waals surface area contributed by atoms with Crippen LogP contribution in [0.5, 0.6) is 0 Å². The van der Waals surface area contributed by atoms with Gasteiger partial charge in [0.1, 0.15) is 0 Å². The zero-order valence-corrected chi connectivity index (χ0v) is 12.6. The summed E-state index contributed by atoms with van der Waals surface area (Å²) in [6.07, 6.45) is 9.32. The maximum absolute atomic E-state index is 12.3. The van der Waals surface area contributed by atoms with Gasteiger partial charge < -0.3 is 9.72 Å². The zero-order valence-electron chi connectivity index (χ0n) is 12.6. The van der Waals surface area contributed by atoms with Crippen molar-refractivity contribution in [2.45, 2.75) is 44.4 Å². The quantitative estimate of drug-likeness (QED) is 0.846. The Morgan fingerprint density at radius 2 is 2.05 bits per heavy atom. The summed E-state index contributed by atoms with van der Waals surface area (Å²) in [5.41, 5.74) is 2.17. The number of ether oxygens (including phenoxy) is 1. The summed E-state index contributed by atoms with van der Waals surface area (Å²) in [5, 5.41) is 1.14. The molecule has 1 aromatic heterocycles. The van der Waals surface area contributed by atoms with Crippen molar-refractivity contribution in [1.82, 2.24) is 4.98 Å². The van der Waals surface area contributed by atoms with Gasteiger partial charge in [-0.2, -0.15) is 0 Å². The van der Waals surface area contributed by atoms with E-state index in [-0.39, 0.29) is 11.9 Å². The van der Waals surface area contributed by atoms with E-state index in [0.717, 1.165) is 22.9 Å². The normalized spacial score (nSPS) is 17.8. The Labute approximate surface area is 125 Å². The smallest absolute Gasteiger partial charge is 0.313 e. The molecule has 0 radical (unpaired) electrons. The lowest BCUT2D eigenvalue weighted by atomic mass is 9.80. The Morgan fingerprint density at radius 1 is 1.29 bits per heavy atom. The van der Waals surface area contributed by atoms with Gasteiger partial charge >= 0.3 is 5.97 Å². The minimum absolute atomic E-state index is 0.106. The summed E-state index contributed by atoms with van der Waals surface area (Å²) in [5.74, 6) is 0.399. The number of aromatic amines is 1. The molecule has 0 aliphatic heterocycles. The van der Waals surface area contributed by atoms with E-state index in [2.05, 4.69) is 11.1 Å². The van der Waals surface area contributed by atoms with Crippen molar-refractivity contribution in [3.63, 3.8) is 0 Å². The molecule has 112 valence electrons. The minimum atomic E-state index is -0.144. The lowest BCUT2D eigenvalue weighted by Crippen LogP contribution is -2.19. The largest absolute Gasteiger partial charge is 0.469 e. The highest BCUT2D eigenvalue weighted by atomic mass is 16.5. The van der Waals surface area contributed by atoms with Gasteiger partial charge in [-0.05, 0) is 24.0 Å². The first-order valence-corrected chi connectivity index (χ1v) is 7.93. The van der Waals surface area contributed by atoms with E-state index >= 15 is 0 Å². The lowest BCUT2D eigenvalue weighted by Gasteiger charge is -2.25. The lowest BCUT2D eigenvalue weighted by molar-refractivity contribution is -0.143. The number of nitrogens with one attached hydrogen (secondary N) is 1. The third-order valence-corrected chi connectivity index (χ3v) is 4.78. The molecular weight excluding hydrogens is 262 g/mol. The molecule has 2 aromatic rings. The summed E-state index contributed by atoms with van der Waals surface area (Å²) in [4.78, 5) is 15.6. The van der Waals surface area contributed by atoms with Crippen molar-refractivity contribution >= 4 is 16.9 Å². The SMILES string of the molecule is COC(=O)C(CC1CCCCC1)c1c[nH]c2ccccc12. The highest BCUT2D eigenvalue weighted by Crippen LogP contribution is 2.36. The van der Waals surface area contributed by atoms with Crippen molar-refractivity contribution in [1.29, 1.82) is 0 Å². The Hall–Kier alpha value is -1.77. The third kappa shape index (κ3) is 2.97. The fourth-order valence-corrected chi connectivity index (χ4v) is 3.63. The number of carbonyl (C=O) groups excluding carboxylic acids is 1. The molecule has 0 bridgehead atoms. The van der Waals surface area contributed by atoms with Crippen LogP contribution in [0.15, 0.2) is 30.5 Å². The van der Waals surface area contributed by atoms with E-state index in [1.165, 1.54) is 39.2 Å². The molecule has 1 N–H and O–H groups in total. The van der Waals surface area contributed by atoms with E-state index in [1.54, 1.807) is 0 Å². The van der Waals surface area contributed by atoms with Crippen LogP contribution in [0.3, 0.4) is 0 Å². The molecule has 3 rings (SSSR count). The number of aromatic nitrogens is 1. The number of esters is 1. The molecule has 21 heavy (non-hydrogen) atoms. The van der Waals surface area contributed by atoms with E-state index < -0.39 is 0 Å². The van der Waals surface area contributed by atoms with Gasteiger partial charge in [-0.1, -0.05) is 50.3 Å². The van der Waals surface area contributed by atoms with Crippen molar-refractivity contribution < 1.29 is 9.53 Å². The monoisotopic (exact) mass is 285 g/mol. The molecule has 1 unspecified atom stereocenters. The van der Waals surface area contributed by atoms with Crippen molar-refractivity contribution in [2.24, 2.45) is 5.92 Å². The fourth-order valence-electron chi connectivity index (χ4n) is 3.63. The van der Waals surface area contributed by atoms with Crippen LogP contribution >= 0.6 is 0 Å². The summed E-state index contributed by atoms with van der Waals surface area (Å²) < 4.78 is 5.07. The number of fused-ring (bicyclic) bond motifs is 1. The Kier molecular flexibility index (Phi) is 4.28. The van der Waals surface area contributed by atoms with Crippen LogP contribution in [-0.4, -0.2) is 18.1 Å². The molecule has 0 saturated heterocycles. The number of hydrogen-bond donors (Lipinski definition) is 1. The zero-order chi connectivity index (χ0) is 14.7. The first-order chi connectivity index (χ1) is 10.3. The number of methoxy groups -OCH3 is 1. The molecule has 0 amide bonds. The maximum Gasteiger partial charge on any atom is 0.313 e. The molecule has 1 aliphatic rings. The van der Waals surface area contributed by atoms with Crippen molar-refractivity contribution in [2.75, 3.05) is 7.11 Å². The van der Waals surface area contributed by atoms with Crippen molar-refractivity contribution in [3.8, 4) is 0 Å². The Bertz CT molecular complexity index is 610. The number of para-hydroxylation sites is 1. The summed E-state index contributed by atoms with van der Waals surface area (Å²) in [6.45, 7) is 0. The van der Waals surface area contributed by atoms with Gasteiger partial charge in [-0.15, -0.1) is 0 Å². The van der Waals surface area contributed by atoms with Crippen LogP contribution in [0.1, 0.15) is 50.0 Å². The molecule has 1 saturated carbocycles. The highest BCUT2D eigenvalue weighted by Gasteiger charge is 2.28. The summed E-state index contributed by atoms with van der Waals surface area (Å²) in [6, 6.07) is 8.16. The van der Waals surface area contributed by atoms with Crippen LogP contribution < -0.4 is 0 Å². The fraction of sp³-hybridized carbons (Fsp3) is 0.500. The number of H-pyrrole nitrogens is 1. The molecule has 0 spiro atoms. The predicted molar refractivity (Wildman–Crippen MR) is 84.2 cm³/mol. The predicted octanol–water partition coefficient (Wildman–Crippen LogP) is 4.39. The van der Waals surface area contributed by atoms with E-state index in [0.29, 0.717) is 5.92 Å². The second-order valence-electron chi connectivity index (χ2n) is 6.11. The van der Waals surface area contributed by atoms with Crippen LogP contribution in [0.2, 0.25) is 0 Å². The summed E-state index contributed by atoms with van der Waals surface area (Å²) in [7, 11) is 1.49. The minimum Gasteiger partial charge on any atom is -0.469 e. The number of hydrogen-bond acceptors (Lipinski definition) is 2. The average Bonchev–Trinajstić information content (AvgIpc) is 2.97. The van der Waals surface area contributed by atoms with Gasteiger partial charge in [0.25, 0.3) is 0 Å². The molecular formula is C18H23NO2. The van der Waals surface area contributed by atoms with Crippen molar-refractivity contribution in [3.05, 3.63) is 36.0 Å². The number of benzene rings is 1. The highest BCUT2D eigenvalue weighted by molar-refractivity contribution is 5.89. The molecule has 1 atom stereocenters. The Morgan fingerprint density at radius 3 is 2.81 bits per heavy atom. The topological polar surface area (TPSA) is 42.1 Å². The first kappa shape index (κ1) is 14.2. The van der Waals surface area contributed by atoms with Crippen LogP contribution in [0, 0.1) is 5.92 Å². The standard InChI is InChI=1S/C18H23NO2/c1-21-18(20)15(11-13-7-3-2-4-8-13)16-12-19-17-10-6-5-9-14(16)17/h5-6,9-10,12-13,15,19H,2-4,7-8,11H2,1H3.